The highest BCUT2D eigenvalue weighted by Crippen LogP contribution is 2.11. The zero-order chi connectivity index (χ0) is 23.4. The second-order valence-corrected chi connectivity index (χ2v) is 7.19. The summed E-state index contributed by atoms with van der Waals surface area (Å²) in [5.41, 5.74) is 2.35. The number of carboxylic acid groups (broad SMARTS) is 1. The number of pyridine rings is 2. The van der Waals surface area contributed by atoms with Crippen molar-refractivity contribution in [1.82, 2.24) is 9.97 Å². The maximum absolute atomic E-state index is 12.1. The molecule has 0 aliphatic rings. The number of carbonyl (C=O) groups is 2. The molecule has 32 heavy (non-hydrogen) atoms. The van der Waals surface area contributed by atoms with E-state index >= 15 is 0 Å². The van der Waals surface area contributed by atoms with Crippen molar-refractivity contribution in [3.63, 3.8) is 0 Å². The monoisotopic (exact) mass is 434 g/mol. The van der Waals surface area contributed by atoms with E-state index in [1.54, 1.807) is 25.1 Å². The number of hydrogen-bond acceptors (Lipinski definition) is 5. The largest absolute Gasteiger partial charge is 0.477 e. The quantitative estimate of drug-likeness (QED) is 0.423. The molecule has 4 aromatic rings. The highest BCUT2D eigenvalue weighted by molar-refractivity contribution is 5.94. The van der Waals surface area contributed by atoms with E-state index in [9.17, 15) is 19.2 Å². The Morgan fingerprint density at radius 2 is 1.31 bits per heavy atom. The fraction of sp³-hybridized carbons (Fsp3) is 0.167. The molecule has 2 heterocycles. The number of fused-ring (bicyclic) bond motifs is 2. The van der Waals surface area contributed by atoms with Crippen molar-refractivity contribution in [2.45, 2.75) is 20.8 Å². The van der Waals surface area contributed by atoms with Crippen molar-refractivity contribution in [3.8, 4) is 0 Å². The number of esters is 1. The first-order valence-electron chi connectivity index (χ1n) is 9.87. The number of aromatic carboxylic acids is 1. The van der Waals surface area contributed by atoms with Gasteiger partial charge in [0, 0.05) is 34.2 Å². The number of benzene rings is 2. The summed E-state index contributed by atoms with van der Waals surface area (Å²) in [7, 11) is 0. The molecule has 0 aliphatic carbocycles. The normalized spacial score (nSPS) is 10.5. The number of aromatic amines is 2. The van der Waals surface area contributed by atoms with E-state index in [1.807, 2.05) is 32.0 Å². The third kappa shape index (κ3) is 4.59. The minimum atomic E-state index is -1.21. The smallest absolute Gasteiger partial charge is 0.343 e. The number of aromatic nitrogens is 2. The predicted octanol–water partition coefficient (Wildman–Crippen LogP) is 3.55. The minimum Gasteiger partial charge on any atom is -0.477 e. The van der Waals surface area contributed by atoms with Gasteiger partial charge in [0.15, 0.2) is 0 Å². The van der Waals surface area contributed by atoms with Gasteiger partial charge in [-0.3, -0.25) is 9.59 Å². The molecule has 8 nitrogen and oxygen atoms in total. The summed E-state index contributed by atoms with van der Waals surface area (Å²) in [5, 5.41) is 9.70. The van der Waals surface area contributed by atoms with Gasteiger partial charge in [-0.25, -0.2) is 9.59 Å². The number of carboxylic acids is 1. The number of aryl methyl sites for hydroxylation is 2. The molecule has 0 amide bonds. The van der Waals surface area contributed by atoms with Crippen molar-refractivity contribution in [2.75, 3.05) is 6.61 Å². The average molecular weight is 434 g/mol. The molecule has 0 fully saturated rings. The number of carbonyl (C=O) groups excluding carboxylic acids is 1. The molecule has 0 saturated heterocycles. The molecule has 0 atom stereocenters. The third-order valence-corrected chi connectivity index (χ3v) is 4.80. The Morgan fingerprint density at radius 1 is 0.844 bits per heavy atom. The average Bonchev–Trinajstić information content (AvgIpc) is 2.75. The maximum atomic E-state index is 12.1. The molecular formula is C24H22N2O6. The molecule has 0 aliphatic heterocycles. The van der Waals surface area contributed by atoms with Crippen LogP contribution in [0.3, 0.4) is 0 Å². The van der Waals surface area contributed by atoms with E-state index in [1.165, 1.54) is 12.4 Å². The molecule has 0 spiro atoms. The van der Waals surface area contributed by atoms with Gasteiger partial charge in [-0.15, -0.1) is 0 Å². The van der Waals surface area contributed by atoms with Gasteiger partial charge in [0.1, 0.15) is 11.1 Å². The number of nitrogens with one attached hydrogen (secondary N) is 2. The van der Waals surface area contributed by atoms with Gasteiger partial charge in [0.25, 0.3) is 0 Å². The Hall–Kier alpha value is -4.20. The molecule has 164 valence electrons. The van der Waals surface area contributed by atoms with Gasteiger partial charge in [-0.1, -0.05) is 23.3 Å². The van der Waals surface area contributed by atoms with Crippen molar-refractivity contribution in [3.05, 3.63) is 91.5 Å². The molecule has 0 unspecified atom stereocenters. The topological polar surface area (TPSA) is 129 Å². The van der Waals surface area contributed by atoms with Gasteiger partial charge in [0.2, 0.25) is 10.9 Å². The van der Waals surface area contributed by atoms with E-state index in [-0.39, 0.29) is 23.2 Å². The second kappa shape index (κ2) is 9.30. The lowest BCUT2D eigenvalue weighted by molar-refractivity contribution is 0.0524. The Kier molecular flexibility index (Phi) is 6.53. The van der Waals surface area contributed by atoms with Crippen molar-refractivity contribution in [2.24, 2.45) is 0 Å². The zero-order valence-electron chi connectivity index (χ0n) is 17.8. The Balaban J connectivity index is 0.000000182. The summed E-state index contributed by atoms with van der Waals surface area (Å²) in [4.78, 5) is 51.8. The van der Waals surface area contributed by atoms with E-state index < -0.39 is 17.4 Å². The van der Waals surface area contributed by atoms with Crippen LogP contribution in [0.15, 0.2) is 58.4 Å². The molecule has 0 bridgehead atoms. The van der Waals surface area contributed by atoms with Crippen LogP contribution in [-0.2, 0) is 4.74 Å². The number of hydrogen-bond donors (Lipinski definition) is 3. The summed E-state index contributed by atoms with van der Waals surface area (Å²) in [6, 6.07) is 10.8. The Morgan fingerprint density at radius 3 is 1.78 bits per heavy atom. The Bertz CT molecular complexity index is 1450. The van der Waals surface area contributed by atoms with Crippen molar-refractivity contribution in [1.29, 1.82) is 0 Å². The van der Waals surface area contributed by atoms with Crippen LogP contribution in [-0.4, -0.2) is 33.6 Å². The first-order valence-corrected chi connectivity index (χ1v) is 9.87. The summed E-state index contributed by atoms with van der Waals surface area (Å²) in [6.07, 6.45) is 2.63. The van der Waals surface area contributed by atoms with Gasteiger partial charge in [0.05, 0.1) is 6.61 Å². The molecule has 2 aromatic heterocycles. The van der Waals surface area contributed by atoms with Crippen LogP contribution in [0.2, 0.25) is 0 Å². The lowest BCUT2D eigenvalue weighted by Crippen LogP contribution is -2.18. The van der Waals surface area contributed by atoms with Crippen molar-refractivity contribution >= 4 is 33.7 Å². The summed E-state index contributed by atoms with van der Waals surface area (Å²) in [6.45, 7) is 5.71. The van der Waals surface area contributed by atoms with Crippen LogP contribution in [0, 0.1) is 13.8 Å². The molecule has 4 rings (SSSR count). The van der Waals surface area contributed by atoms with Crippen molar-refractivity contribution < 1.29 is 19.4 Å². The summed E-state index contributed by atoms with van der Waals surface area (Å²) in [5.74, 6) is -1.79. The third-order valence-electron chi connectivity index (χ3n) is 4.80. The second-order valence-electron chi connectivity index (χ2n) is 7.19. The summed E-state index contributed by atoms with van der Waals surface area (Å²) >= 11 is 0. The predicted molar refractivity (Wildman–Crippen MR) is 122 cm³/mol. The van der Waals surface area contributed by atoms with Crippen LogP contribution in [0.25, 0.3) is 21.8 Å². The molecule has 3 N–H and O–H groups in total. The highest BCUT2D eigenvalue weighted by atomic mass is 16.5. The molecule has 0 radical (unpaired) electrons. The van der Waals surface area contributed by atoms with Crippen LogP contribution < -0.4 is 10.9 Å². The number of H-pyrrole nitrogens is 2. The highest BCUT2D eigenvalue weighted by Gasteiger charge is 2.13. The van der Waals surface area contributed by atoms with Crippen LogP contribution in [0.4, 0.5) is 0 Å². The standard InChI is InChI=1S/C13H13NO3.C11H9NO3/c1-3-17-13(16)10-7-14-11-5-4-8(2)6-9(11)12(10)15;1-6-2-3-9-7(4-6)10(13)8(5-12-9)11(14)15/h4-7H,3H2,1-2H3,(H,14,15);2-5H,1H3,(H,12,13)(H,14,15). The zero-order valence-corrected chi connectivity index (χ0v) is 17.8. The van der Waals surface area contributed by atoms with Crippen LogP contribution >= 0.6 is 0 Å². The van der Waals surface area contributed by atoms with Gasteiger partial charge >= 0.3 is 11.9 Å². The van der Waals surface area contributed by atoms with E-state index in [0.717, 1.165) is 11.1 Å². The first kappa shape index (κ1) is 22.5. The SMILES string of the molecule is CCOC(=O)c1c[nH]c2ccc(C)cc2c1=O.Cc1ccc2[nH]cc(C(=O)O)c(=O)c2c1. The lowest BCUT2D eigenvalue weighted by atomic mass is 10.1. The van der Waals surface area contributed by atoms with E-state index in [2.05, 4.69) is 9.97 Å². The van der Waals surface area contributed by atoms with E-state index in [0.29, 0.717) is 21.8 Å². The lowest BCUT2D eigenvalue weighted by Gasteiger charge is -2.03. The molecule has 8 heteroatoms. The maximum Gasteiger partial charge on any atom is 0.343 e. The van der Waals surface area contributed by atoms with Gasteiger partial charge in [-0.2, -0.15) is 0 Å². The minimum absolute atomic E-state index is 0.0463. The fourth-order valence-corrected chi connectivity index (χ4v) is 3.18. The van der Waals surface area contributed by atoms with Gasteiger partial charge < -0.3 is 19.8 Å². The summed E-state index contributed by atoms with van der Waals surface area (Å²) < 4.78 is 4.83. The number of rotatable bonds is 3. The number of ether oxygens (including phenoxy) is 1. The molecule has 2 aromatic carbocycles. The fourth-order valence-electron chi connectivity index (χ4n) is 3.18. The van der Waals surface area contributed by atoms with Crippen LogP contribution in [0.5, 0.6) is 0 Å². The molecular weight excluding hydrogens is 412 g/mol. The molecule has 0 saturated carbocycles. The van der Waals surface area contributed by atoms with Crippen LogP contribution in [0.1, 0.15) is 38.8 Å². The van der Waals surface area contributed by atoms with Gasteiger partial charge in [-0.05, 0) is 45.0 Å². The van der Waals surface area contributed by atoms with E-state index in [4.69, 9.17) is 9.84 Å². The Labute approximate surface area is 182 Å². The first-order chi connectivity index (χ1) is 15.2.